The van der Waals surface area contributed by atoms with Crippen molar-refractivity contribution in [2.24, 2.45) is 0 Å². The average Bonchev–Trinajstić information content (AvgIpc) is 3.03. The Morgan fingerprint density at radius 1 is 1.19 bits per heavy atom. The molecule has 0 atom stereocenters. The number of fused-ring (bicyclic) bond motifs is 1. The van der Waals surface area contributed by atoms with Gasteiger partial charge in [-0.05, 0) is 43.2 Å². The molecule has 0 radical (unpaired) electrons. The second kappa shape index (κ2) is 8.52. The SMILES string of the molecule is CCCn1c(CCCNC(=O)c2cccc(OC)c2)nc2ccccc21. The van der Waals surface area contributed by atoms with Crippen molar-refractivity contribution in [3.05, 3.63) is 59.9 Å². The number of amides is 1. The Labute approximate surface area is 154 Å². The predicted octanol–water partition coefficient (Wildman–Crippen LogP) is 3.82. The molecule has 0 fully saturated rings. The minimum absolute atomic E-state index is 0.0778. The van der Waals surface area contributed by atoms with Crippen LogP contribution in [0.15, 0.2) is 48.5 Å². The summed E-state index contributed by atoms with van der Waals surface area (Å²) in [5, 5.41) is 2.97. The highest BCUT2D eigenvalue weighted by atomic mass is 16.5. The summed E-state index contributed by atoms with van der Waals surface area (Å²) in [5.74, 6) is 1.69. The number of nitrogens with one attached hydrogen (secondary N) is 1. The van der Waals surface area contributed by atoms with Gasteiger partial charge in [-0.1, -0.05) is 25.1 Å². The van der Waals surface area contributed by atoms with Crippen LogP contribution in [0.25, 0.3) is 11.0 Å². The van der Waals surface area contributed by atoms with E-state index in [1.807, 2.05) is 24.3 Å². The van der Waals surface area contributed by atoms with Gasteiger partial charge < -0.3 is 14.6 Å². The Morgan fingerprint density at radius 3 is 2.85 bits per heavy atom. The van der Waals surface area contributed by atoms with Crippen LogP contribution in [0.5, 0.6) is 5.75 Å². The molecule has 5 nitrogen and oxygen atoms in total. The summed E-state index contributed by atoms with van der Waals surface area (Å²) < 4.78 is 7.45. The fraction of sp³-hybridized carbons (Fsp3) is 0.333. The molecular formula is C21H25N3O2. The fourth-order valence-electron chi connectivity index (χ4n) is 3.10. The van der Waals surface area contributed by atoms with Crippen molar-refractivity contribution < 1.29 is 9.53 Å². The maximum atomic E-state index is 12.2. The minimum Gasteiger partial charge on any atom is -0.497 e. The first kappa shape index (κ1) is 18.0. The molecule has 0 spiro atoms. The lowest BCUT2D eigenvalue weighted by molar-refractivity contribution is 0.0953. The number of ether oxygens (including phenoxy) is 1. The molecule has 5 heteroatoms. The maximum Gasteiger partial charge on any atom is 0.251 e. The first-order chi connectivity index (χ1) is 12.7. The summed E-state index contributed by atoms with van der Waals surface area (Å²) >= 11 is 0. The number of para-hydroxylation sites is 2. The molecule has 0 aliphatic rings. The van der Waals surface area contributed by atoms with Crippen LogP contribution < -0.4 is 10.1 Å². The number of hydrogen-bond donors (Lipinski definition) is 1. The normalized spacial score (nSPS) is 10.8. The lowest BCUT2D eigenvalue weighted by Gasteiger charge is -2.09. The van der Waals surface area contributed by atoms with Crippen molar-refractivity contribution >= 4 is 16.9 Å². The number of carbonyl (C=O) groups excluding carboxylic acids is 1. The van der Waals surface area contributed by atoms with Gasteiger partial charge in [-0.15, -0.1) is 0 Å². The molecule has 1 heterocycles. The summed E-state index contributed by atoms with van der Waals surface area (Å²) in [6, 6.07) is 15.4. The summed E-state index contributed by atoms with van der Waals surface area (Å²) in [7, 11) is 1.60. The van der Waals surface area contributed by atoms with Crippen molar-refractivity contribution in [1.29, 1.82) is 0 Å². The molecule has 0 bridgehead atoms. The Balaban J connectivity index is 1.59. The Morgan fingerprint density at radius 2 is 2.04 bits per heavy atom. The zero-order valence-corrected chi connectivity index (χ0v) is 15.4. The highest BCUT2D eigenvalue weighted by Crippen LogP contribution is 2.17. The molecule has 3 aromatic rings. The number of aromatic nitrogens is 2. The quantitative estimate of drug-likeness (QED) is 0.628. The van der Waals surface area contributed by atoms with Gasteiger partial charge in [0.05, 0.1) is 18.1 Å². The molecule has 0 saturated carbocycles. The Bertz CT molecular complexity index is 886. The lowest BCUT2D eigenvalue weighted by atomic mass is 10.2. The second-order valence-electron chi connectivity index (χ2n) is 6.26. The summed E-state index contributed by atoms with van der Waals surface area (Å²) in [5.41, 5.74) is 2.84. The summed E-state index contributed by atoms with van der Waals surface area (Å²) in [4.78, 5) is 17.0. The van der Waals surface area contributed by atoms with E-state index in [0.29, 0.717) is 17.9 Å². The monoisotopic (exact) mass is 351 g/mol. The van der Waals surface area contributed by atoms with Gasteiger partial charge >= 0.3 is 0 Å². The Kier molecular flexibility index (Phi) is 5.89. The minimum atomic E-state index is -0.0778. The molecular weight excluding hydrogens is 326 g/mol. The number of carbonyl (C=O) groups is 1. The summed E-state index contributed by atoms with van der Waals surface area (Å²) in [6.07, 6.45) is 2.76. The number of methoxy groups -OCH3 is 1. The molecule has 0 unspecified atom stereocenters. The molecule has 0 aliphatic carbocycles. The van der Waals surface area contributed by atoms with Crippen LogP contribution >= 0.6 is 0 Å². The molecule has 26 heavy (non-hydrogen) atoms. The van der Waals surface area contributed by atoms with Gasteiger partial charge in [0, 0.05) is 25.1 Å². The van der Waals surface area contributed by atoms with Gasteiger partial charge in [0.15, 0.2) is 0 Å². The van der Waals surface area contributed by atoms with Gasteiger partial charge in [0.25, 0.3) is 5.91 Å². The number of hydrogen-bond acceptors (Lipinski definition) is 3. The topological polar surface area (TPSA) is 56.2 Å². The number of rotatable bonds is 8. The largest absolute Gasteiger partial charge is 0.497 e. The van der Waals surface area contributed by atoms with E-state index >= 15 is 0 Å². The molecule has 0 aliphatic heterocycles. The van der Waals surface area contributed by atoms with Gasteiger partial charge in [-0.2, -0.15) is 0 Å². The van der Waals surface area contributed by atoms with Gasteiger partial charge in [-0.25, -0.2) is 4.98 Å². The van der Waals surface area contributed by atoms with Crippen LogP contribution in [0.4, 0.5) is 0 Å². The number of aryl methyl sites for hydroxylation is 2. The van der Waals surface area contributed by atoms with Crippen LogP contribution in [0.3, 0.4) is 0 Å². The van der Waals surface area contributed by atoms with Crippen LogP contribution in [-0.2, 0) is 13.0 Å². The number of nitrogens with zero attached hydrogens (tertiary/aromatic N) is 2. The van der Waals surface area contributed by atoms with Gasteiger partial charge in [0.2, 0.25) is 0 Å². The Hall–Kier alpha value is -2.82. The van der Waals surface area contributed by atoms with Crippen molar-refractivity contribution in [3.8, 4) is 5.75 Å². The third-order valence-electron chi connectivity index (χ3n) is 4.38. The van der Waals surface area contributed by atoms with Gasteiger partial charge in [-0.3, -0.25) is 4.79 Å². The lowest BCUT2D eigenvalue weighted by Crippen LogP contribution is -2.25. The standard InChI is InChI=1S/C21H25N3O2/c1-3-14-24-19-11-5-4-10-18(19)23-20(24)12-7-13-22-21(25)16-8-6-9-17(15-16)26-2/h4-6,8-11,15H,3,7,12-14H2,1-2H3,(H,22,25). The molecule has 3 rings (SSSR count). The smallest absolute Gasteiger partial charge is 0.251 e. The van der Waals surface area contributed by atoms with Crippen molar-refractivity contribution in [3.63, 3.8) is 0 Å². The van der Waals surface area contributed by atoms with E-state index in [1.165, 1.54) is 5.52 Å². The number of benzene rings is 2. The van der Waals surface area contributed by atoms with E-state index in [-0.39, 0.29) is 5.91 Å². The number of imidazole rings is 1. The zero-order chi connectivity index (χ0) is 18.4. The molecule has 1 N–H and O–H groups in total. The van der Waals surface area contributed by atoms with Crippen LogP contribution in [-0.4, -0.2) is 29.1 Å². The molecule has 1 amide bonds. The fourth-order valence-corrected chi connectivity index (χ4v) is 3.10. The highest BCUT2D eigenvalue weighted by molar-refractivity contribution is 5.94. The molecule has 1 aromatic heterocycles. The molecule has 0 saturated heterocycles. The first-order valence-electron chi connectivity index (χ1n) is 9.09. The van der Waals surface area contributed by atoms with Gasteiger partial charge in [0.1, 0.15) is 11.6 Å². The average molecular weight is 351 g/mol. The van der Waals surface area contributed by atoms with E-state index in [2.05, 4.69) is 28.9 Å². The van der Waals surface area contributed by atoms with Crippen molar-refractivity contribution in [2.45, 2.75) is 32.7 Å². The third kappa shape index (κ3) is 4.04. The maximum absolute atomic E-state index is 12.2. The van der Waals surface area contributed by atoms with Crippen molar-refractivity contribution in [1.82, 2.24) is 14.9 Å². The second-order valence-corrected chi connectivity index (χ2v) is 6.26. The van der Waals surface area contributed by atoms with Crippen molar-refractivity contribution in [2.75, 3.05) is 13.7 Å². The summed E-state index contributed by atoms with van der Waals surface area (Å²) in [6.45, 7) is 3.75. The van der Waals surface area contributed by atoms with E-state index < -0.39 is 0 Å². The van der Waals surface area contributed by atoms with Crippen LogP contribution in [0, 0.1) is 0 Å². The van der Waals surface area contributed by atoms with E-state index in [1.54, 1.807) is 19.2 Å². The predicted molar refractivity (Wildman–Crippen MR) is 104 cm³/mol. The molecule has 2 aromatic carbocycles. The van der Waals surface area contributed by atoms with Crippen LogP contribution in [0.2, 0.25) is 0 Å². The van der Waals surface area contributed by atoms with Crippen LogP contribution in [0.1, 0.15) is 35.9 Å². The third-order valence-corrected chi connectivity index (χ3v) is 4.38. The van der Waals surface area contributed by atoms with E-state index in [4.69, 9.17) is 9.72 Å². The zero-order valence-electron chi connectivity index (χ0n) is 15.4. The van der Waals surface area contributed by atoms with E-state index in [0.717, 1.165) is 37.1 Å². The highest BCUT2D eigenvalue weighted by Gasteiger charge is 2.10. The molecule has 136 valence electrons. The first-order valence-corrected chi connectivity index (χ1v) is 9.09. The van der Waals surface area contributed by atoms with E-state index in [9.17, 15) is 4.79 Å².